The fourth-order valence-electron chi connectivity index (χ4n) is 1.35. The summed E-state index contributed by atoms with van der Waals surface area (Å²) in [5.41, 5.74) is 1.92. The Balaban J connectivity index is 1.98. The SMILES string of the molecule is Cc1cnc(C(=O)CNc2cncc(C)n2)cn1. The molecule has 0 fully saturated rings. The second-order valence-electron chi connectivity index (χ2n) is 3.87. The molecule has 2 aromatic heterocycles. The molecule has 2 heterocycles. The molecular formula is C12H13N5O. The summed E-state index contributed by atoms with van der Waals surface area (Å²) in [5.74, 6) is 0.439. The zero-order valence-corrected chi connectivity index (χ0v) is 10.2. The number of ketones is 1. The van der Waals surface area contributed by atoms with Crippen molar-refractivity contribution in [2.75, 3.05) is 11.9 Å². The second kappa shape index (κ2) is 5.31. The van der Waals surface area contributed by atoms with E-state index in [-0.39, 0.29) is 12.3 Å². The van der Waals surface area contributed by atoms with Gasteiger partial charge in [0, 0.05) is 12.4 Å². The van der Waals surface area contributed by atoms with Crippen LogP contribution in [0.3, 0.4) is 0 Å². The standard InChI is InChI=1S/C12H13N5O/c1-8-4-15-10(5-14-8)11(18)6-16-12-7-13-3-9(2)17-12/h3-5,7H,6H2,1-2H3,(H,16,17). The summed E-state index contributed by atoms with van der Waals surface area (Å²) < 4.78 is 0. The fourth-order valence-corrected chi connectivity index (χ4v) is 1.35. The molecule has 2 rings (SSSR count). The van der Waals surface area contributed by atoms with Gasteiger partial charge < -0.3 is 5.32 Å². The van der Waals surface area contributed by atoms with Crippen LogP contribution in [0, 0.1) is 13.8 Å². The molecule has 92 valence electrons. The molecule has 0 aliphatic rings. The van der Waals surface area contributed by atoms with Gasteiger partial charge in [-0.05, 0) is 13.8 Å². The Kier molecular flexibility index (Phi) is 3.57. The average Bonchev–Trinajstić information content (AvgIpc) is 2.37. The van der Waals surface area contributed by atoms with Crippen LogP contribution in [0.15, 0.2) is 24.8 Å². The van der Waals surface area contributed by atoms with Gasteiger partial charge in [-0.2, -0.15) is 0 Å². The van der Waals surface area contributed by atoms with E-state index in [0.717, 1.165) is 11.4 Å². The normalized spacial score (nSPS) is 10.1. The van der Waals surface area contributed by atoms with Crippen LogP contribution in [-0.2, 0) is 0 Å². The molecule has 0 aliphatic heterocycles. The van der Waals surface area contributed by atoms with Gasteiger partial charge in [-0.15, -0.1) is 0 Å². The third-order valence-electron chi connectivity index (χ3n) is 2.25. The number of aromatic nitrogens is 4. The van der Waals surface area contributed by atoms with Gasteiger partial charge in [0.25, 0.3) is 0 Å². The lowest BCUT2D eigenvalue weighted by molar-refractivity contribution is 0.100. The third kappa shape index (κ3) is 3.07. The smallest absolute Gasteiger partial charge is 0.201 e. The minimum absolute atomic E-state index is 0.121. The van der Waals surface area contributed by atoms with Crippen LogP contribution in [0.5, 0.6) is 0 Å². The molecule has 0 saturated carbocycles. The summed E-state index contributed by atoms with van der Waals surface area (Å²) in [6, 6.07) is 0. The van der Waals surface area contributed by atoms with Crippen molar-refractivity contribution in [2.24, 2.45) is 0 Å². The number of hydrogen-bond acceptors (Lipinski definition) is 6. The maximum Gasteiger partial charge on any atom is 0.201 e. The predicted molar refractivity (Wildman–Crippen MR) is 66.4 cm³/mol. The summed E-state index contributed by atoms with van der Waals surface area (Å²) in [5, 5.41) is 2.91. The number of hydrogen-bond donors (Lipinski definition) is 1. The molecule has 1 N–H and O–H groups in total. The molecule has 0 atom stereocenters. The van der Waals surface area contributed by atoms with Crippen LogP contribution in [0.2, 0.25) is 0 Å². The Hall–Kier alpha value is -2.37. The van der Waals surface area contributed by atoms with Gasteiger partial charge in [-0.25, -0.2) is 9.97 Å². The third-order valence-corrected chi connectivity index (χ3v) is 2.25. The van der Waals surface area contributed by atoms with E-state index < -0.39 is 0 Å². The monoisotopic (exact) mass is 243 g/mol. The molecule has 2 aromatic rings. The summed E-state index contributed by atoms with van der Waals surface area (Å²) in [4.78, 5) is 28.0. The molecule has 6 heteroatoms. The summed E-state index contributed by atoms with van der Waals surface area (Å²) >= 11 is 0. The van der Waals surface area contributed by atoms with E-state index in [2.05, 4.69) is 25.3 Å². The number of nitrogens with one attached hydrogen (secondary N) is 1. The molecule has 0 aliphatic carbocycles. The molecule has 0 unspecified atom stereocenters. The Morgan fingerprint density at radius 2 is 1.94 bits per heavy atom. The molecule has 0 amide bonds. The van der Waals surface area contributed by atoms with E-state index in [0.29, 0.717) is 11.5 Å². The van der Waals surface area contributed by atoms with Crippen molar-refractivity contribution in [3.8, 4) is 0 Å². The van der Waals surface area contributed by atoms with Gasteiger partial charge in [0.05, 0.1) is 30.3 Å². The molecule has 0 saturated heterocycles. The first kappa shape index (κ1) is 12.1. The number of anilines is 1. The highest BCUT2D eigenvalue weighted by Crippen LogP contribution is 2.02. The first-order valence-corrected chi connectivity index (χ1v) is 5.49. The summed E-state index contributed by atoms with van der Waals surface area (Å²) in [7, 11) is 0. The number of nitrogens with zero attached hydrogens (tertiary/aromatic N) is 4. The van der Waals surface area contributed by atoms with Crippen LogP contribution in [0.1, 0.15) is 21.9 Å². The Morgan fingerprint density at radius 3 is 2.61 bits per heavy atom. The summed E-state index contributed by atoms with van der Waals surface area (Å²) in [6.45, 7) is 3.78. The quantitative estimate of drug-likeness (QED) is 0.812. The van der Waals surface area contributed by atoms with Gasteiger partial charge in [0.1, 0.15) is 11.5 Å². The molecule has 6 nitrogen and oxygen atoms in total. The first-order chi connectivity index (χ1) is 8.65. The van der Waals surface area contributed by atoms with Crippen LogP contribution in [0.25, 0.3) is 0 Å². The van der Waals surface area contributed by atoms with E-state index in [9.17, 15) is 4.79 Å². The highest BCUT2D eigenvalue weighted by atomic mass is 16.1. The Bertz CT molecular complexity index is 553. The van der Waals surface area contributed by atoms with Gasteiger partial charge >= 0.3 is 0 Å². The first-order valence-electron chi connectivity index (χ1n) is 5.49. The fraction of sp³-hybridized carbons (Fsp3) is 0.250. The molecule has 0 radical (unpaired) electrons. The largest absolute Gasteiger partial charge is 0.361 e. The van der Waals surface area contributed by atoms with Crippen LogP contribution < -0.4 is 5.32 Å². The average molecular weight is 243 g/mol. The molecule has 0 spiro atoms. The Morgan fingerprint density at radius 1 is 1.11 bits per heavy atom. The summed E-state index contributed by atoms with van der Waals surface area (Å²) in [6.07, 6.45) is 6.26. The molecule has 0 bridgehead atoms. The Labute approximate surface area is 105 Å². The van der Waals surface area contributed by atoms with E-state index in [1.54, 1.807) is 18.6 Å². The van der Waals surface area contributed by atoms with Gasteiger partial charge in [0.2, 0.25) is 5.78 Å². The van der Waals surface area contributed by atoms with E-state index in [1.165, 1.54) is 6.20 Å². The lowest BCUT2D eigenvalue weighted by Gasteiger charge is -2.04. The van der Waals surface area contributed by atoms with Crippen molar-refractivity contribution in [3.63, 3.8) is 0 Å². The van der Waals surface area contributed by atoms with Crippen LogP contribution in [0.4, 0.5) is 5.82 Å². The number of carbonyl (C=O) groups excluding carboxylic acids is 1. The van der Waals surface area contributed by atoms with E-state index >= 15 is 0 Å². The predicted octanol–water partition coefficient (Wildman–Crippen LogP) is 1.18. The molecular weight excluding hydrogens is 230 g/mol. The topological polar surface area (TPSA) is 80.7 Å². The van der Waals surface area contributed by atoms with Crippen LogP contribution >= 0.6 is 0 Å². The van der Waals surface area contributed by atoms with Crippen molar-refractivity contribution in [1.29, 1.82) is 0 Å². The van der Waals surface area contributed by atoms with Crippen molar-refractivity contribution in [2.45, 2.75) is 13.8 Å². The zero-order chi connectivity index (χ0) is 13.0. The van der Waals surface area contributed by atoms with Crippen molar-refractivity contribution >= 4 is 11.6 Å². The van der Waals surface area contributed by atoms with Crippen molar-refractivity contribution in [1.82, 2.24) is 19.9 Å². The maximum atomic E-state index is 11.8. The second-order valence-corrected chi connectivity index (χ2v) is 3.87. The minimum Gasteiger partial charge on any atom is -0.361 e. The minimum atomic E-state index is -0.134. The maximum absolute atomic E-state index is 11.8. The number of carbonyl (C=O) groups is 1. The van der Waals surface area contributed by atoms with Crippen molar-refractivity contribution < 1.29 is 4.79 Å². The van der Waals surface area contributed by atoms with Gasteiger partial charge in [-0.3, -0.25) is 14.8 Å². The van der Waals surface area contributed by atoms with Gasteiger partial charge in [-0.1, -0.05) is 0 Å². The number of rotatable bonds is 4. The van der Waals surface area contributed by atoms with E-state index in [1.807, 2.05) is 13.8 Å². The van der Waals surface area contributed by atoms with Crippen LogP contribution in [-0.4, -0.2) is 32.3 Å². The zero-order valence-electron chi connectivity index (χ0n) is 10.2. The highest BCUT2D eigenvalue weighted by molar-refractivity contribution is 5.96. The van der Waals surface area contributed by atoms with Crippen molar-refractivity contribution in [3.05, 3.63) is 41.9 Å². The van der Waals surface area contributed by atoms with E-state index in [4.69, 9.17) is 0 Å². The highest BCUT2D eigenvalue weighted by Gasteiger charge is 2.07. The molecule has 0 aromatic carbocycles. The number of Topliss-reactive ketones (excluding diaryl/α,β-unsaturated/α-hetero) is 1. The lowest BCUT2D eigenvalue weighted by Crippen LogP contribution is -2.16. The lowest BCUT2D eigenvalue weighted by atomic mass is 10.3. The molecule has 18 heavy (non-hydrogen) atoms. The number of aryl methyl sites for hydroxylation is 2. The van der Waals surface area contributed by atoms with Gasteiger partial charge in [0.15, 0.2) is 0 Å².